The predicted molar refractivity (Wildman–Crippen MR) is 50.7 cm³/mol. The van der Waals surface area contributed by atoms with Crippen LogP contribution in [0.2, 0.25) is 0 Å². The Hall–Kier alpha value is -0.0800. The molecule has 0 bridgehead atoms. The molecule has 0 aliphatic rings. The normalized spacial score (nSPS) is 13.4. The topological polar surface area (TPSA) is 38.0 Å². The average molecular weight is 158 g/mol. The first-order valence-electron chi connectivity index (χ1n) is 4.74. The molecule has 0 amide bonds. The van der Waals surface area contributed by atoms with Crippen LogP contribution in [0, 0.1) is 0 Å². The first-order valence-corrected chi connectivity index (χ1v) is 4.74. The third-order valence-corrected chi connectivity index (χ3v) is 1.86. The van der Waals surface area contributed by atoms with Gasteiger partial charge in [-0.15, -0.1) is 0 Å². The van der Waals surface area contributed by atoms with Crippen LogP contribution in [0.5, 0.6) is 0 Å². The summed E-state index contributed by atoms with van der Waals surface area (Å²) in [5.41, 5.74) is 5.37. The molecule has 0 rings (SSSR count). The van der Waals surface area contributed by atoms with Crippen LogP contribution in [0.4, 0.5) is 0 Å². The molecule has 1 unspecified atom stereocenters. The van der Waals surface area contributed by atoms with Crippen LogP contribution in [-0.2, 0) is 0 Å². The molecule has 0 aromatic rings. The SMILES string of the molecule is CCCCC(C)NCCCN. The van der Waals surface area contributed by atoms with Crippen LogP contribution in [0.3, 0.4) is 0 Å². The smallest absolute Gasteiger partial charge is 0.00387 e. The van der Waals surface area contributed by atoms with E-state index in [4.69, 9.17) is 5.73 Å². The molecule has 0 aliphatic carbocycles. The number of nitrogens with one attached hydrogen (secondary N) is 1. The van der Waals surface area contributed by atoms with Crippen LogP contribution in [0.25, 0.3) is 0 Å². The lowest BCUT2D eigenvalue weighted by Crippen LogP contribution is -2.28. The Morgan fingerprint density at radius 2 is 2.09 bits per heavy atom. The molecule has 0 fully saturated rings. The van der Waals surface area contributed by atoms with Crippen molar-refractivity contribution in [3.05, 3.63) is 0 Å². The second kappa shape index (κ2) is 8.02. The minimum atomic E-state index is 0.668. The van der Waals surface area contributed by atoms with E-state index in [1.807, 2.05) is 0 Å². The molecular formula is C9H22N2. The zero-order valence-corrected chi connectivity index (χ0v) is 7.90. The van der Waals surface area contributed by atoms with Gasteiger partial charge in [0.15, 0.2) is 0 Å². The molecule has 0 saturated carbocycles. The van der Waals surface area contributed by atoms with Crippen molar-refractivity contribution < 1.29 is 0 Å². The van der Waals surface area contributed by atoms with Crippen molar-refractivity contribution in [1.82, 2.24) is 5.32 Å². The highest BCUT2D eigenvalue weighted by Gasteiger charge is 1.97. The minimum absolute atomic E-state index is 0.668. The van der Waals surface area contributed by atoms with Crippen molar-refractivity contribution in [2.45, 2.75) is 45.6 Å². The maximum Gasteiger partial charge on any atom is 0.00387 e. The molecule has 1 atom stereocenters. The molecule has 0 spiro atoms. The zero-order valence-electron chi connectivity index (χ0n) is 7.90. The fourth-order valence-electron chi connectivity index (χ4n) is 1.06. The van der Waals surface area contributed by atoms with E-state index < -0.39 is 0 Å². The Morgan fingerprint density at radius 3 is 2.64 bits per heavy atom. The van der Waals surface area contributed by atoms with Crippen LogP contribution in [-0.4, -0.2) is 19.1 Å². The lowest BCUT2D eigenvalue weighted by molar-refractivity contribution is 0.491. The summed E-state index contributed by atoms with van der Waals surface area (Å²) in [7, 11) is 0. The third-order valence-electron chi connectivity index (χ3n) is 1.86. The van der Waals surface area contributed by atoms with E-state index in [0.717, 1.165) is 19.5 Å². The number of rotatable bonds is 7. The Bertz CT molecular complexity index is 74.0. The van der Waals surface area contributed by atoms with Crippen molar-refractivity contribution in [2.75, 3.05) is 13.1 Å². The minimum Gasteiger partial charge on any atom is -0.330 e. The molecule has 0 aliphatic heterocycles. The van der Waals surface area contributed by atoms with Crippen molar-refractivity contribution in [3.63, 3.8) is 0 Å². The van der Waals surface area contributed by atoms with Gasteiger partial charge in [0.25, 0.3) is 0 Å². The monoisotopic (exact) mass is 158 g/mol. The van der Waals surface area contributed by atoms with E-state index in [-0.39, 0.29) is 0 Å². The summed E-state index contributed by atoms with van der Waals surface area (Å²) < 4.78 is 0. The van der Waals surface area contributed by atoms with Gasteiger partial charge in [0.2, 0.25) is 0 Å². The molecule has 0 radical (unpaired) electrons. The number of hydrogen-bond donors (Lipinski definition) is 2. The van der Waals surface area contributed by atoms with Gasteiger partial charge >= 0.3 is 0 Å². The molecule has 0 aromatic carbocycles. The van der Waals surface area contributed by atoms with E-state index in [1.165, 1.54) is 19.3 Å². The largest absolute Gasteiger partial charge is 0.330 e. The van der Waals surface area contributed by atoms with Crippen LogP contribution in [0.1, 0.15) is 39.5 Å². The Labute approximate surface area is 70.5 Å². The summed E-state index contributed by atoms with van der Waals surface area (Å²) in [5.74, 6) is 0. The summed E-state index contributed by atoms with van der Waals surface area (Å²) in [6.45, 7) is 6.34. The average Bonchev–Trinajstić information content (AvgIpc) is 2.01. The lowest BCUT2D eigenvalue weighted by Gasteiger charge is -2.12. The third kappa shape index (κ3) is 7.82. The van der Waals surface area contributed by atoms with Crippen molar-refractivity contribution in [1.29, 1.82) is 0 Å². The molecule has 11 heavy (non-hydrogen) atoms. The second-order valence-electron chi connectivity index (χ2n) is 3.14. The van der Waals surface area contributed by atoms with Gasteiger partial charge in [-0.25, -0.2) is 0 Å². The first kappa shape index (κ1) is 10.9. The van der Waals surface area contributed by atoms with Crippen LogP contribution >= 0.6 is 0 Å². The maximum atomic E-state index is 5.37. The highest BCUT2D eigenvalue weighted by atomic mass is 14.9. The van der Waals surface area contributed by atoms with Gasteiger partial charge in [-0.1, -0.05) is 19.8 Å². The Morgan fingerprint density at radius 1 is 1.36 bits per heavy atom. The molecule has 68 valence electrons. The van der Waals surface area contributed by atoms with Crippen molar-refractivity contribution >= 4 is 0 Å². The fraction of sp³-hybridized carbons (Fsp3) is 1.00. The number of hydrogen-bond acceptors (Lipinski definition) is 2. The molecule has 0 aromatic heterocycles. The molecule has 2 nitrogen and oxygen atoms in total. The first-order chi connectivity index (χ1) is 5.31. The number of unbranched alkanes of at least 4 members (excludes halogenated alkanes) is 1. The van der Waals surface area contributed by atoms with Crippen LogP contribution in [0.15, 0.2) is 0 Å². The lowest BCUT2D eigenvalue weighted by atomic mass is 10.1. The summed E-state index contributed by atoms with van der Waals surface area (Å²) >= 11 is 0. The van der Waals surface area contributed by atoms with E-state index >= 15 is 0 Å². The van der Waals surface area contributed by atoms with E-state index in [2.05, 4.69) is 19.2 Å². The van der Waals surface area contributed by atoms with E-state index in [0.29, 0.717) is 6.04 Å². The second-order valence-corrected chi connectivity index (χ2v) is 3.14. The van der Waals surface area contributed by atoms with Gasteiger partial charge in [-0.3, -0.25) is 0 Å². The molecule has 2 heteroatoms. The summed E-state index contributed by atoms with van der Waals surface area (Å²) in [6, 6.07) is 0.668. The van der Waals surface area contributed by atoms with Gasteiger partial charge in [0.05, 0.1) is 0 Å². The van der Waals surface area contributed by atoms with Gasteiger partial charge in [0, 0.05) is 6.04 Å². The zero-order chi connectivity index (χ0) is 8.53. The fourth-order valence-corrected chi connectivity index (χ4v) is 1.06. The number of nitrogens with two attached hydrogens (primary N) is 1. The highest BCUT2D eigenvalue weighted by Crippen LogP contribution is 1.98. The van der Waals surface area contributed by atoms with Gasteiger partial charge in [-0.2, -0.15) is 0 Å². The molecule has 0 heterocycles. The van der Waals surface area contributed by atoms with Crippen molar-refractivity contribution in [2.24, 2.45) is 5.73 Å². The molecular weight excluding hydrogens is 136 g/mol. The van der Waals surface area contributed by atoms with Gasteiger partial charge < -0.3 is 11.1 Å². The Balaban J connectivity index is 3.02. The molecule has 0 saturated heterocycles. The van der Waals surface area contributed by atoms with Gasteiger partial charge in [-0.05, 0) is 32.9 Å². The summed E-state index contributed by atoms with van der Waals surface area (Å²) in [5, 5.41) is 3.44. The summed E-state index contributed by atoms with van der Waals surface area (Å²) in [4.78, 5) is 0. The van der Waals surface area contributed by atoms with Crippen molar-refractivity contribution in [3.8, 4) is 0 Å². The highest BCUT2D eigenvalue weighted by molar-refractivity contribution is 4.59. The molecule has 3 N–H and O–H groups in total. The Kier molecular flexibility index (Phi) is 7.96. The van der Waals surface area contributed by atoms with Gasteiger partial charge in [0.1, 0.15) is 0 Å². The standard InChI is InChI=1S/C9H22N2/c1-3-4-6-9(2)11-8-5-7-10/h9,11H,3-8,10H2,1-2H3. The summed E-state index contributed by atoms with van der Waals surface area (Å²) in [6.07, 6.45) is 5.01. The maximum absolute atomic E-state index is 5.37. The van der Waals surface area contributed by atoms with E-state index in [1.54, 1.807) is 0 Å². The van der Waals surface area contributed by atoms with Crippen LogP contribution < -0.4 is 11.1 Å². The van der Waals surface area contributed by atoms with E-state index in [9.17, 15) is 0 Å². The quantitative estimate of drug-likeness (QED) is 0.551. The predicted octanol–water partition coefficient (Wildman–Crippen LogP) is 1.50.